The highest BCUT2D eigenvalue weighted by Gasteiger charge is 2.43. The number of Topliss-reactive ketones (excluding diaryl/α,β-unsaturated/α-hetero) is 1. The van der Waals surface area contributed by atoms with E-state index in [-0.39, 0.29) is 29.1 Å². The van der Waals surface area contributed by atoms with Gasteiger partial charge in [0.15, 0.2) is 5.78 Å². The Morgan fingerprint density at radius 2 is 1.45 bits per heavy atom. The maximum atomic E-state index is 13.2. The minimum atomic E-state index is -1.16. The summed E-state index contributed by atoms with van der Waals surface area (Å²) in [5.74, 6) is -1.81. The fourth-order valence-corrected chi connectivity index (χ4v) is 3.57. The summed E-state index contributed by atoms with van der Waals surface area (Å²) in [5, 5.41) is 0. The zero-order chi connectivity index (χ0) is 22.0. The van der Waals surface area contributed by atoms with Crippen molar-refractivity contribution in [3.05, 3.63) is 101 Å². The quantitative estimate of drug-likeness (QED) is 0.266. The predicted octanol–water partition coefficient (Wildman–Crippen LogP) is 3.70. The molecular formula is C25H19NO5. The second-order valence-electron chi connectivity index (χ2n) is 7.24. The van der Waals surface area contributed by atoms with Gasteiger partial charge >= 0.3 is 5.97 Å². The van der Waals surface area contributed by atoms with E-state index in [9.17, 15) is 19.2 Å². The number of hydrogen-bond donors (Lipinski definition) is 0. The Labute approximate surface area is 179 Å². The summed E-state index contributed by atoms with van der Waals surface area (Å²) in [6.07, 6.45) is 0.109. The number of esters is 1. The van der Waals surface area contributed by atoms with Gasteiger partial charge in [-0.15, -0.1) is 0 Å². The molecule has 0 saturated carbocycles. The van der Waals surface area contributed by atoms with E-state index in [1.54, 1.807) is 42.5 Å². The Morgan fingerprint density at radius 3 is 2.06 bits per heavy atom. The predicted molar refractivity (Wildman–Crippen MR) is 113 cm³/mol. The number of benzene rings is 3. The lowest BCUT2D eigenvalue weighted by Gasteiger charge is -2.24. The Hall–Kier alpha value is -4.06. The number of hydrogen-bond acceptors (Lipinski definition) is 5. The summed E-state index contributed by atoms with van der Waals surface area (Å²) < 4.78 is 5.51. The van der Waals surface area contributed by atoms with Crippen LogP contribution in [0.5, 0.6) is 5.75 Å². The number of fused-ring (bicyclic) bond motifs is 1. The number of ketones is 1. The van der Waals surface area contributed by atoms with E-state index < -0.39 is 23.8 Å². The molecule has 0 bridgehead atoms. The minimum absolute atomic E-state index is 0.109. The van der Waals surface area contributed by atoms with Gasteiger partial charge in [0, 0.05) is 12.0 Å². The Bertz CT molecular complexity index is 1150. The first-order chi connectivity index (χ1) is 15.0. The number of carbonyl (C=O) groups is 4. The fourth-order valence-electron chi connectivity index (χ4n) is 3.57. The zero-order valence-corrected chi connectivity index (χ0v) is 16.8. The van der Waals surface area contributed by atoms with Gasteiger partial charge in [0.1, 0.15) is 11.8 Å². The molecule has 0 saturated heterocycles. The standard InChI is InChI=1S/C25H19NO5/c1-16(27)18-10-7-11-19(15-18)31-25(30)22(14-17-8-3-2-4-9-17)26-23(28)20-12-5-6-13-21(20)24(26)29/h2-13,15,22H,14H2,1H3/t22-/m0/s1. The summed E-state index contributed by atoms with van der Waals surface area (Å²) in [4.78, 5) is 51.8. The molecule has 31 heavy (non-hydrogen) atoms. The van der Waals surface area contributed by atoms with Crippen molar-refractivity contribution < 1.29 is 23.9 Å². The Balaban J connectivity index is 1.67. The Morgan fingerprint density at radius 1 is 0.839 bits per heavy atom. The molecule has 2 amide bonds. The van der Waals surface area contributed by atoms with Crippen molar-refractivity contribution in [2.24, 2.45) is 0 Å². The molecule has 0 aromatic heterocycles. The molecule has 0 unspecified atom stereocenters. The molecule has 1 aliphatic heterocycles. The minimum Gasteiger partial charge on any atom is -0.425 e. The first-order valence-corrected chi connectivity index (χ1v) is 9.79. The molecule has 0 spiro atoms. The van der Waals surface area contributed by atoms with E-state index in [2.05, 4.69) is 0 Å². The molecule has 4 rings (SSSR count). The molecular weight excluding hydrogens is 394 g/mol. The van der Waals surface area contributed by atoms with Crippen LogP contribution in [0.2, 0.25) is 0 Å². The summed E-state index contributed by atoms with van der Waals surface area (Å²) in [6.45, 7) is 1.41. The van der Waals surface area contributed by atoms with Crippen LogP contribution in [0.4, 0.5) is 0 Å². The number of imide groups is 1. The molecule has 3 aromatic carbocycles. The van der Waals surface area contributed by atoms with Crippen molar-refractivity contribution in [2.45, 2.75) is 19.4 Å². The summed E-state index contributed by atoms with van der Waals surface area (Å²) in [7, 11) is 0. The highest BCUT2D eigenvalue weighted by atomic mass is 16.5. The van der Waals surface area contributed by atoms with E-state index in [1.165, 1.54) is 13.0 Å². The van der Waals surface area contributed by atoms with Crippen molar-refractivity contribution in [1.82, 2.24) is 4.90 Å². The monoisotopic (exact) mass is 413 g/mol. The largest absolute Gasteiger partial charge is 0.425 e. The maximum absolute atomic E-state index is 13.2. The number of amides is 2. The molecule has 6 heteroatoms. The summed E-state index contributed by atoms with van der Waals surface area (Å²) in [5.41, 5.74) is 1.69. The van der Waals surface area contributed by atoms with Crippen LogP contribution in [0, 0.1) is 0 Å². The van der Waals surface area contributed by atoms with Gasteiger partial charge in [-0.3, -0.25) is 19.3 Å². The number of ether oxygens (including phenoxy) is 1. The molecule has 154 valence electrons. The molecule has 0 aliphatic carbocycles. The fraction of sp³-hybridized carbons (Fsp3) is 0.120. The van der Waals surface area contributed by atoms with Gasteiger partial charge in [-0.25, -0.2) is 4.79 Å². The van der Waals surface area contributed by atoms with Crippen LogP contribution < -0.4 is 4.74 Å². The van der Waals surface area contributed by atoms with Crippen LogP contribution in [0.25, 0.3) is 0 Å². The van der Waals surface area contributed by atoms with Gasteiger partial charge < -0.3 is 4.74 Å². The van der Waals surface area contributed by atoms with Gasteiger partial charge in [0.2, 0.25) is 0 Å². The van der Waals surface area contributed by atoms with Crippen LogP contribution in [-0.2, 0) is 11.2 Å². The molecule has 6 nitrogen and oxygen atoms in total. The highest BCUT2D eigenvalue weighted by Crippen LogP contribution is 2.27. The average molecular weight is 413 g/mol. The van der Waals surface area contributed by atoms with E-state index in [0.717, 1.165) is 10.5 Å². The van der Waals surface area contributed by atoms with Crippen LogP contribution in [0.3, 0.4) is 0 Å². The SMILES string of the molecule is CC(=O)c1cccc(OC(=O)[C@H](Cc2ccccc2)N2C(=O)c3ccccc3C2=O)c1. The third-order valence-electron chi connectivity index (χ3n) is 5.14. The third kappa shape index (κ3) is 4.00. The van der Waals surface area contributed by atoms with Crippen LogP contribution >= 0.6 is 0 Å². The number of rotatable bonds is 6. The van der Waals surface area contributed by atoms with Crippen molar-refractivity contribution >= 4 is 23.6 Å². The second-order valence-corrected chi connectivity index (χ2v) is 7.24. The smallest absolute Gasteiger partial charge is 0.335 e. The molecule has 1 heterocycles. The molecule has 0 N–H and O–H groups in total. The van der Waals surface area contributed by atoms with Crippen molar-refractivity contribution in [1.29, 1.82) is 0 Å². The van der Waals surface area contributed by atoms with E-state index >= 15 is 0 Å². The molecule has 1 aliphatic rings. The topological polar surface area (TPSA) is 80.8 Å². The lowest BCUT2D eigenvalue weighted by Crippen LogP contribution is -2.48. The van der Waals surface area contributed by atoms with Gasteiger partial charge in [-0.1, -0.05) is 54.6 Å². The van der Waals surface area contributed by atoms with E-state index in [0.29, 0.717) is 5.56 Å². The average Bonchev–Trinajstić information content (AvgIpc) is 3.03. The lowest BCUT2D eigenvalue weighted by atomic mass is 10.0. The highest BCUT2D eigenvalue weighted by molar-refractivity contribution is 6.22. The molecule has 0 fully saturated rings. The van der Waals surface area contributed by atoms with Crippen molar-refractivity contribution in [3.63, 3.8) is 0 Å². The normalized spacial score (nSPS) is 13.6. The van der Waals surface area contributed by atoms with Crippen LogP contribution in [0.15, 0.2) is 78.9 Å². The van der Waals surface area contributed by atoms with Crippen LogP contribution in [0.1, 0.15) is 43.6 Å². The van der Waals surface area contributed by atoms with E-state index in [1.807, 2.05) is 30.3 Å². The number of carbonyl (C=O) groups excluding carboxylic acids is 4. The van der Waals surface area contributed by atoms with Gasteiger partial charge in [0.05, 0.1) is 11.1 Å². The van der Waals surface area contributed by atoms with Gasteiger partial charge in [-0.2, -0.15) is 0 Å². The second kappa shape index (κ2) is 8.36. The molecule has 0 radical (unpaired) electrons. The molecule has 1 atom stereocenters. The van der Waals surface area contributed by atoms with Gasteiger partial charge in [0.25, 0.3) is 11.8 Å². The first-order valence-electron chi connectivity index (χ1n) is 9.79. The van der Waals surface area contributed by atoms with E-state index in [4.69, 9.17) is 4.74 Å². The van der Waals surface area contributed by atoms with Gasteiger partial charge in [-0.05, 0) is 36.8 Å². The maximum Gasteiger partial charge on any atom is 0.335 e. The number of nitrogens with zero attached hydrogens (tertiary/aromatic N) is 1. The summed E-state index contributed by atoms with van der Waals surface area (Å²) >= 11 is 0. The van der Waals surface area contributed by atoms with Crippen LogP contribution in [-0.4, -0.2) is 34.5 Å². The Kier molecular flexibility index (Phi) is 5.45. The van der Waals surface area contributed by atoms with Crippen molar-refractivity contribution in [2.75, 3.05) is 0 Å². The zero-order valence-electron chi connectivity index (χ0n) is 16.8. The first kappa shape index (κ1) is 20.2. The van der Waals surface area contributed by atoms with Crippen molar-refractivity contribution in [3.8, 4) is 5.75 Å². The summed E-state index contributed by atoms with van der Waals surface area (Å²) in [6, 6.07) is 20.6. The lowest BCUT2D eigenvalue weighted by molar-refractivity contribution is -0.138. The third-order valence-corrected chi connectivity index (χ3v) is 5.14. The molecule has 3 aromatic rings.